The maximum atomic E-state index is 11.7. The SMILES string of the molecule is CCc1ccccc1N/C(=N/S(C)(=O)=O)Nc1ccc(OC)c(OC)c1. The maximum Gasteiger partial charge on any atom is 0.253 e. The third kappa shape index (κ3) is 5.38. The average Bonchev–Trinajstić information content (AvgIpc) is 2.60. The van der Waals surface area contributed by atoms with E-state index < -0.39 is 10.0 Å². The molecule has 0 aromatic heterocycles. The number of rotatable bonds is 6. The molecule has 0 atom stereocenters. The number of guanidine groups is 1. The zero-order valence-corrected chi connectivity index (χ0v) is 16.1. The zero-order valence-electron chi connectivity index (χ0n) is 15.2. The zero-order chi connectivity index (χ0) is 19.2. The van der Waals surface area contributed by atoms with Gasteiger partial charge in [-0.1, -0.05) is 25.1 Å². The number of benzene rings is 2. The summed E-state index contributed by atoms with van der Waals surface area (Å²) in [5.41, 5.74) is 2.43. The molecule has 0 aliphatic rings. The van der Waals surface area contributed by atoms with Gasteiger partial charge in [0.05, 0.1) is 20.5 Å². The van der Waals surface area contributed by atoms with Crippen LogP contribution in [0, 0.1) is 0 Å². The van der Waals surface area contributed by atoms with Crippen molar-refractivity contribution < 1.29 is 17.9 Å². The van der Waals surface area contributed by atoms with Crippen LogP contribution in [0.25, 0.3) is 0 Å². The Labute approximate surface area is 154 Å². The number of nitrogens with one attached hydrogen (secondary N) is 2. The standard InChI is InChI=1S/C18H23N3O4S/c1-5-13-8-6-7-9-15(13)20-18(21-26(4,22)23)19-14-10-11-16(24-2)17(12-14)25-3/h6-12H,5H2,1-4H3,(H2,19,20,21). The second kappa shape index (κ2) is 8.57. The Bertz CT molecular complexity index is 895. The summed E-state index contributed by atoms with van der Waals surface area (Å²) in [7, 11) is -0.528. The highest BCUT2D eigenvalue weighted by atomic mass is 32.2. The number of ether oxygens (including phenoxy) is 2. The monoisotopic (exact) mass is 377 g/mol. The lowest BCUT2D eigenvalue weighted by molar-refractivity contribution is 0.355. The molecule has 26 heavy (non-hydrogen) atoms. The molecule has 0 radical (unpaired) electrons. The van der Waals surface area contributed by atoms with Gasteiger partial charge in [0.1, 0.15) is 0 Å². The van der Waals surface area contributed by atoms with Gasteiger partial charge >= 0.3 is 0 Å². The molecular formula is C18H23N3O4S. The van der Waals surface area contributed by atoms with Crippen LogP contribution in [-0.4, -0.2) is 34.9 Å². The smallest absolute Gasteiger partial charge is 0.253 e. The molecule has 7 nitrogen and oxygen atoms in total. The van der Waals surface area contributed by atoms with E-state index >= 15 is 0 Å². The minimum atomic E-state index is -3.60. The topological polar surface area (TPSA) is 89.0 Å². The van der Waals surface area contributed by atoms with Crippen molar-refractivity contribution in [2.24, 2.45) is 4.40 Å². The molecule has 0 saturated heterocycles. The number of anilines is 2. The van der Waals surface area contributed by atoms with Crippen molar-refractivity contribution in [3.63, 3.8) is 0 Å². The lowest BCUT2D eigenvalue weighted by atomic mass is 10.1. The number of aryl methyl sites for hydroxylation is 1. The number of methoxy groups -OCH3 is 2. The molecule has 140 valence electrons. The number of para-hydroxylation sites is 1. The highest BCUT2D eigenvalue weighted by Crippen LogP contribution is 2.29. The molecule has 0 heterocycles. The van der Waals surface area contributed by atoms with Gasteiger partial charge in [0.15, 0.2) is 11.5 Å². The molecule has 8 heteroatoms. The van der Waals surface area contributed by atoms with Crippen molar-refractivity contribution in [1.82, 2.24) is 0 Å². The van der Waals surface area contributed by atoms with Crippen molar-refractivity contribution in [3.8, 4) is 11.5 Å². The van der Waals surface area contributed by atoms with Gasteiger partial charge in [0.25, 0.3) is 10.0 Å². The molecule has 0 bridgehead atoms. The van der Waals surface area contributed by atoms with Crippen molar-refractivity contribution in [2.45, 2.75) is 13.3 Å². The van der Waals surface area contributed by atoms with Crippen molar-refractivity contribution in [2.75, 3.05) is 31.1 Å². The van der Waals surface area contributed by atoms with E-state index in [4.69, 9.17) is 9.47 Å². The average molecular weight is 377 g/mol. The Kier molecular flexibility index (Phi) is 6.46. The Balaban J connectivity index is 2.36. The predicted octanol–water partition coefficient (Wildman–Crippen LogP) is 3.11. The number of nitrogens with zero attached hydrogens (tertiary/aromatic N) is 1. The third-order valence-electron chi connectivity index (χ3n) is 3.55. The fourth-order valence-electron chi connectivity index (χ4n) is 2.37. The Morgan fingerprint density at radius 3 is 2.35 bits per heavy atom. The highest BCUT2D eigenvalue weighted by Gasteiger charge is 2.10. The summed E-state index contributed by atoms with van der Waals surface area (Å²) in [6.07, 6.45) is 1.84. The summed E-state index contributed by atoms with van der Waals surface area (Å²) in [6, 6.07) is 12.8. The molecule has 2 aromatic carbocycles. The molecule has 0 amide bonds. The van der Waals surface area contributed by atoms with Gasteiger partial charge in [0.2, 0.25) is 5.96 Å². The Morgan fingerprint density at radius 2 is 1.73 bits per heavy atom. The lowest BCUT2D eigenvalue weighted by Crippen LogP contribution is -2.24. The van der Waals surface area contributed by atoms with Crippen LogP contribution >= 0.6 is 0 Å². The summed E-state index contributed by atoms with van der Waals surface area (Å²) >= 11 is 0. The lowest BCUT2D eigenvalue weighted by Gasteiger charge is -2.16. The second-order valence-corrected chi connectivity index (χ2v) is 7.15. The second-order valence-electron chi connectivity index (χ2n) is 5.50. The van der Waals surface area contributed by atoms with E-state index in [-0.39, 0.29) is 5.96 Å². The molecule has 0 fully saturated rings. The van der Waals surface area contributed by atoms with Gasteiger partial charge in [-0.25, -0.2) is 8.42 Å². The molecule has 0 aliphatic heterocycles. The van der Waals surface area contributed by atoms with Gasteiger partial charge in [-0.3, -0.25) is 0 Å². The van der Waals surface area contributed by atoms with Gasteiger partial charge in [0, 0.05) is 17.4 Å². The van der Waals surface area contributed by atoms with E-state index in [1.807, 2.05) is 31.2 Å². The molecular weight excluding hydrogens is 354 g/mol. The van der Waals surface area contributed by atoms with Crippen LogP contribution in [0.5, 0.6) is 11.5 Å². The number of hydrogen-bond acceptors (Lipinski definition) is 4. The summed E-state index contributed by atoms with van der Waals surface area (Å²) in [4.78, 5) is 0. The first-order valence-electron chi connectivity index (χ1n) is 8.00. The highest BCUT2D eigenvalue weighted by molar-refractivity contribution is 7.89. The molecule has 0 saturated carbocycles. The van der Waals surface area contributed by atoms with Crippen LogP contribution in [0.4, 0.5) is 11.4 Å². The largest absolute Gasteiger partial charge is 0.493 e. The van der Waals surface area contributed by atoms with E-state index in [1.54, 1.807) is 25.3 Å². The van der Waals surface area contributed by atoms with E-state index in [0.29, 0.717) is 17.2 Å². The van der Waals surface area contributed by atoms with Crippen molar-refractivity contribution in [1.29, 1.82) is 0 Å². The van der Waals surface area contributed by atoms with Crippen molar-refractivity contribution in [3.05, 3.63) is 48.0 Å². The fraction of sp³-hybridized carbons (Fsp3) is 0.278. The van der Waals surface area contributed by atoms with Gasteiger partial charge in [-0.15, -0.1) is 4.40 Å². The van der Waals surface area contributed by atoms with Crippen LogP contribution < -0.4 is 20.1 Å². The van der Waals surface area contributed by atoms with E-state index in [1.165, 1.54) is 7.11 Å². The number of hydrogen-bond donors (Lipinski definition) is 2. The quantitative estimate of drug-likeness (QED) is 0.594. The number of sulfonamides is 1. The summed E-state index contributed by atoms with van der Waals surface area (Å²) in [5.74, 6) is 1.19. The Hall–Kier alpha value is -2.74. The van der Waals surface area contributed by atoms with Crippen LogP contribution in [0.1, 0.15) is 12.5 Å². The molecule has 2 N–H and O–H groups in total. The predicted molar refractivity (Wildman–Crippen MR) is 105 cm³/mol. The van der Waals surface area contributed by atoms with Gasteiger partial charge < -0.3 is 20.1 Å². The molecule has 0 spiro atoms. The summed E-state index contributed by atoms with van der Waals surface area (Å²) in [5, 5.41) is 6.04. The molecule has 2 rings (SSSR count). The summed E-state index contributed by atoms with van der Waals surface area (Å²) in [6.45, 7) is 2.02. The van der Waals surface area contributed by atoms with Crippen LogP contribution in [0.2, 0.25) is 0 Å². The van der Waals surface area contributed by atoms with E-state index in [9.17, 15) is 8.42 Å². The Morgan fingerprint density at radius 1 is 1.04 bits per heavy atom. The molecule has 0 aliphatic carbocycles. The first-order valence-corrected chi connectivity index (χ1v) is 9.85. The van der Waals surface area contributed by atoms with E-state index in [0.717, 1.165) is 23.9 Å². The molecule has 2 aromatic rings. The maximum absolute atomic E-state index is 11.7. The van der Waals surface area contributed by atoms with Crippen LogP contribution in [0.3, 0.4) is 0 Å². The van der Waals surface area contributed by atoms with E-state index in [2.05, 4.69) is 15.0 Å². The first kappa shape index (κ1) is 19.6. The van der Waals surface area contributed by atoms with Gasteiger partial charge in [-0.2, -0.15) is 0 Å². The summed E-state index contributed by atoms with van der Waals surface area (Å²) < 4.78 is 37.6. The minimum Gasteiger partial charge on any atom is -0.493 e. The normalized spacial score (nSPS) is 11.8. The first-order chi connectivity index (χ1) is 12.4. The minimum absolute atomic E-state index is 0.0978. The van der Waals surface area contributed by atoms with Crippen molar-refractivity contribution >= 4 is 27.4 Å². The molecule has 0 unspecified atom stereocenters. The third-order valence-corrected chi connectivity index (χ3v) is 4.07. The van der Waals surface area contributed by atoms with Crippen LogP contribution in [-0.2, 0) is 16.4 Å². The van der Waals surface area contributed by atoms with Crippen LogP contribution in [0.15, 0.2) is 46.9 Å². The van der Waals surface area contributed by atoms with Gasteiger partial charge in [-0.05, 0) is 30.2 Å². The fourth-order valence-corrected chi connectivity index (χ4v) is 2.79.